The molecule has 0 saturated heterocycles. The van der Waals surface area contributed by atoms with Crippen molar-refractivity contribution in [2.45, 2.75) is 51.3 Å². The van der Waals surface area contributed by atoms with E-state index in [2.05, 4.69) is 68.3 Å². The molecule has 0 aliphatic rings. The third-order valence-electron chi connectivity index (χ3n) is 6.31. The number of rotatable bonds is 15. The summed E-state index contributed by atoms with van der Waals surface area (Å²) in [6, 6.07) is 18.7. The van der Waals surface area contributed by atoms with Gasteiger partial charge in [0, 0.05) is 23.6 Å². The quantitative estimate of drug-likeness (QED) is 0.143. The molecule has 0 fully saturated rings. The van der Waals surface area contributed by atoms with Crippen LogP contribution in [0.4, 0.5) is 0 Å². The Morgan fingerprint density at radius 2 is 1.71 bits per heavy atom. The maximum absolute atomic E-state index is 12.4. The fourth-order valence-corrected chi connectivity index (χ4v) is 5.05. The second-order valence-corrected chi connectivity index (χ2v) is 10.9. The van der Waals surface area contributed by atoms with Gasteiger partial charge in [-0.15, -0.1) is 0 Å². The molecule has 5 nitrogen and oxygen atoms in total. The van der Waals surface area contributed by atoms with Gasteiger partial charge in [-0.1, -0.05) is 49.6 Å². The first kappa shape index (κ1) is 27.2. The summed E-state index contributed by atoms with van der Waals surface area (Å²) in [5.41, 5.74) is 2.42. The van der Waals surface area contributed by atoms with Crippen LogP contribution in [0.1, 0.15) is 37.7 Å². The summed E-state index contributed by atoms with van der Waals surface area (Å²) < 4.78 is 14.5. The fourth-order valence-electron chi connectivity index (χ4n) is 4.15. The summed E-state index contributed by atoms with van der Waals surface area (Å²) in [6.07, 6.45) is 9.73. The van der Waals surface area contributed by atoms with Gasteiger partial charge < -0.3 is 18.5 Å². The molecule has 0 bridgehead atoms. The number of benzene rings is 2. The van der Waals surface area contributed by atoms with Crippen molar-refractivity contribution < 1.29 is 18.8 Å². The number of unbranched alkanes of at least 4 members (excludes halogenated alkanes) is 4. The van der Waals surface area contributed by atoms with Crippen LogP contribution in [0.25, 0.3) is 10.9 Å². The molecule has 0 spiro atoms. The van der Waals surface area contributed by atoms with Crippen molar-refractivity contribution in [3.05, 3.63) is 66.4 Å². The molecular formula is C29H41N2O3S+. The number of esters is 1. The Kier molecular flexibility index (Phi) is 10.5. The molecule has 0 aliphatic carbocycles. The molecule has 0 aliphatic heterocycles. The Bertz CT molecular complexity index is 1040. The lowest BCUT2D eigenvalue weighted by atomic mass is 10.1. The van der Waals surface area contributed by atoms with Gasteiger partial charge in [-0.05, 0) is 48.9 Å². The average molecular weight is 498 g/mol. The van der Waals surface area contributed by atoms with Crippen LogP contribution in [0.2, 0.25) is 0 Å². The minimum Gasteiger partial charge on any atom is -0.489 e. The SMILES string of the molecule is CSCC(C(=O)OCCCCCCCn1ccc2cc(OCc3ccccc3)ccc21)[N+](C)(C)C. The third-order valence-corrected chi connectivity index (χ3v) is 6.96. The molecule has 0 amide bonds. The molecule has 1 aromatic heterocycles. The monoisotopic (exact) mass is 497 g/mol. The lowest BCUT2D eigenvalue weighted by molar-refractivity contribution is -0.884. The maximum Gasteiger partial charge on any atom is 0.365 e. The number of carbonyl (C=O) groups excluding carboxylic acids is 1. The van der Waals surface area contributed by atoms with Crippen LogP contribution in [0.15, 0.2) is 60.8 Å². The molecule has 0 N–H and O–H groups in total. The van der Waals surface area contributed by atoms with Crippen molar-refractivity contribution in [1.82, 2.24) is 4.57 Å². The first-order valence-corrected chi connectivity index (χ1v) is 14.0. The maximum atomic E-state index is 12.4. The van der Waals surface area contributed by atoms with Gasteiger partial charge in [0.15, 0.2) is 6.04 Å². The smallest absolute Gasteiger partial charge is 0.365 e. The number of likely N-dealkylation sites (N-methyl/N-ethyl adjacent to an activating group) is 1. The molecule has 1 atom stereocenters. The van der Waals surface area contributed by atoms with Crippen LogP contribution in [-0.2, 0) is 22.7 Å². The Morgan fingerprint density at radius 3 is 2.46 bits per heavy atom. The largest absolute Gasteiger partial charge is 0.489 e. The number of hydrogen-bond acceptors (Lipinski definition) is 4. The van der Waals surface area contributed by atoms with Crippen LogP contribution in [0.3, 0.4) is 0 Å². The minimum atomic E-state index is -0.104. The van der Waals surface area contributed by atoms with Gasteiger partial charge in [0.25, 0.3) is 0 Å². The summed E-state index contributed by atoms with van der Waals surface area (Å²) in [7, 11) is 6.15. The second kappa shape index (κ2) is 13.6. The van der Waals surface area contributed by atoms with E-state index < -0.39 is 0 Å². The molecule has 1 unspecified atom stereocenters. The zero-order chi connectivity index (χ0) is 25.1. The number of carbonyl (C=O) groups is 1. The van der Waals surface area contributed by atoms with Crippen molar-refractivity contribution in [1.29, 1.82) is 0 Å². The van der Waals surface area contributed by atoms with E-state index in [0.29, 0.717) is 17.7 Å². The standard InChI is InChI=1S/C29H41N2O3S/c1-31(2,3)28(23-35-4)29(32)33-20-12-7-5-6-11-18-30-19-17-25-21-26(15-16-27(25)30)34-22-24-13-9-8-10-14-24/h8-10,13-17,19,21,28H,5-7,11-12,18,20,22-23H2,1-4H3/q+1. The Hall–Kier alpha value is -2.44. The Balaban J connectivity index is 1.33. The number of ether oxygens (including phenoxy) is 2. The molecule has 3 rings (SSSR count). The first-order valence-electron chi connectivity index (χ1n) is 12.6. The highest BCUT2D eigenvalue weighted by Crippen LogP contribution is 2.23. The van der Waals surface area contributed by atoms with Crippen molar-refractivity contribution in [2.24, 2.45) is 0 Å². The predicted molar refractivity (Wildman–Crippen MR) is 147 cm³/mol. The van der Waals surface area contributed by atoms with Gasteiger partial charge in [-0.25, -0.2) is 4.79 Å². The van der Waals surface area contributed by atoms with Gasteiger partial charge >= 0.3 is 5.97 Å². The fraction of sp³-hybridized carbons (Fsp3) is 0.483. The highest BCUT2D eigenvalue weighted by molar-refractivity contribution is 7.98. The molecule has 35 heavy (non-hydrogen) atoms. The van der Waals surface area contributed by atoms with Gasteiger partial charge in [0.1, 0.15) is 12.4 Å². The van der Waals surface area contributed by atoms with Crippen LogP contribution in [0.5, 0.6) is 5.75 Å². The number of fused-ring (bicyclic) bond motifs is 1. The summed E-state index contributed by atoms with van der Waals surface area (Å²) >= 11 is 1.69. The predicted octanol–water partition coefficient (Wildman–Crippen LogP) is 6.15. The normalized spacial score (nSPS) is 12.6. The zero-order valence-corrected chi connectivity index (χ0v) is 22.6. The van der Waals surface area contributed by atoms with Crippen LogP contribution >= 0.6 is 11.8 Å². The van der Waals surface area contributed by atoms with Crippen molar-refractivity contribution in [2.75, 3.05) is 39.8 Å². The summed E-state index contributed by atoms with van der Waals surface area (Å²) in [5.74, 6) is 1.62. The lowest BCUT2D eigenvalue weighted by Gasteiger charge is -2.31. The second-order valence-electron chi connectivity index (χ2n) is 10.0. The van der Waals surface area contributed by atoms with Crippen molar-refractivity contribution in [3.8, 4) is 5.75 Å². The Morgan fingerprint density at radius 1 is 0.971 bits per heavy atom. The van der Waals surface area contributed by atoms with Crippen molar-refractivity contribution in [3.63, 3.8) is 0 Å². The highest BCUT2D eigenvalue weighted by Gasteiger charge is 2.32. The number of hydrogen-bond donors (Lipinski definition) is 0. The summed E-state index contributed by atoms with van der Waals surface area (Å²) in [6.45, 7) is 2.13. The zero-order valence-electron chi connectivity index (χ0n) is 21.7. The van der Waals surface area contributed by atoms with E-state index in [1.54, 1.807) is 11.8 Å². The van der Waals surface area contributed by atoms with Crippen LogP contribution in [0, 0.1) is 0 Å². The number of aromatic nitrogens is 1. The Labute approximate surface area is 215 Å². The molecular weight excluding hydrogens is 456 g/mol. The third kappa shape index (κ3) is 8.62. The van der Waals surface area contributed by atoms with Crippen LogP contribution in [-0.4, -0.2) is 60.8 Å². The van der Waals surface area contributed by atoms with E-state index in [1.807, 2.05) is 24.5 Å². The summed E-state index contributed by atoms with van der Waals surface area (Å²) in [4.78, 5) is 12.4. The van der Waals surface area contributed by atoms with Crippen molar-refractivity contribution >= 4 is 28.6 Å². The molecule has 190 valence electrons. The lowest BCUT2D eigenvalue weighted by Crippen LogP contribution is -2.52. The van der Waals surface area contributed by atoms with E-state index in [9.17, 15) is 4.79 Å². The minimum absolute atomic E-state index is 0.0695. The molecule has 3 aromatic rings. The number of aryl methyl sites for hydroxylation is 1. The summed E-state index contributed by atoms with van der Waals surface area (Å²) in [5, 5.41) is 1.21. The van der Waals surface area contributed by atoms with Gasteiger partial charge in [0.2, 0.25) is 0 Å². The topological polar surface area (TPSA) is 40.5 Å². The van der Waals surface area contributed by atoms with Gasteiger partial charge in [0.05, 0.1) is 33.5 Å². The van der Waals surface area contributed by atoms with Gasteiger partial charge in [-0.3, -0.25) is 0 Å². The number of quaternary nitrogens is 1. The average Bonchev–Trinajstić information content (AvgIpc) is 3.24. The van der Waals surface area contributed by atoms with E-state index in [4.69, 9.17) is 9.47 Å². The number of nitrogens with zero attached hydrogens (tertiary/aromatic N) is 2. The van der Waals surface area contributed by atoms with E-state index >= 15 is 0 Å². The van der Waals surface area contributed by atoms with Gasteiger partial charge in [-0.2, -0.15) is 11.8 Å². The van der Waals surface area contributed by atoms with E-state index in [-0.39, 0.29) is 12.0 Å². The number of thioether (sulfide) groups is 1. The molecule has 1 heterocycles. The highest BCUT2D eigenvalue weighted by atomic mass is 32.2. The van der Waals surface area contributed by atoms with E-state index in [1.165, 1.54) is 22.9 Å². The molecule has 6 heteroatoms. The molecule has 0 saturated carbocycles. The molecule has 2 aromatic carbocycles. The van der Waals surface area contributed by atoms with Crippen LogP contribution < -0.4 is 4.74 Å². The first-order chi connectivity index (χ1) is 16.9. The molecule has 0 radical (unpaired) electrons. The van der Waals surface area contributed by atoms with E-state index in [0.717, 1.165) is 43.7 Å².